The first kappa shape index (κ1) is 17.9. The highest BCUT2D eigenvalue weighted by molar-refractivity contribution is 5.96. The third-order valence-electron chi connectivity index (χ3n) is 4.21. The molecule has 0 unspecified atom stereocenters. The van der Waals surface area contributed by atoms with Gasteiger partial charge in [-0.1, -0.05) is 0 Å². The number of aryl methyl sites for hydroxylation is 1. The van der Waals surface area contributed by atoms with E-state index in [1.807, 2.05) is 0 Å². The Morgan fingerprint density at radius 3 is 2.42 bits per heavy atom. The van der Waals surface area contributed by atoms with Crippen LogP contribution >= 0.6 is 0 Å². The molecular formula is C17H21FN2O4. The molecule has 0 spiro atoms. The van der Waals surface area contributed by atoms with E-state index >= 15 is 0 Å². The third kappa shape index (κ3) is 4.31. The van der Waals surface area contributed by atoms with Crippen molar-refractivity contribution in [1.29, 1.82) is 0 Å². The molecule has 130 valence electrons. The molecule has 0 saturated carbocycles. The Labute approximate surface area is 139 Å². The van der Waals surface area contributed by atoms with Crippen LogP contribution < -0.4 is 0 Å². The summed E-state index contributed by atoms with van der Waals surface area (Å²) in [6.45, 7) is 2.32. The molecule has 1 heterocycles. The first-order valence-electron chi connectivity index (χ1n) is 7.81. The molecule has 2 amide bonds. The van der Waals surface area contributed by atoms with Gasteiger partial charge in [-0.25, -0.2) is 4.39 Å². The maximum Gasteiger partial charge on any atom is 0.306 e. The number of rotatable bonds is 4. The number of aliphatic carboxylic acids is 1. The fourth-order valence-corrected chi connectivity index (χ4v) is 2.83. The summed E-state index contributed by atoms with van der Waals surface area (Å²) in [5.41, 5.74) is 0.834. The van der Waals surface area contributed by atoms with Gasteiger partial charge in [0, 0.05) is 25.7 Å². The monoisotopic (exact) mass is 336 g/mol. The van der Waals surface area contributed by atoms with Gasteiger partial charge in [0.1, 0.15) is 5.82 Å². The van der Waals surface area contributed by atoms with Gasteiger partial charge in [0.25, 0.3) is 5.91 Å². The van der Waals surface area contributed by atoms with Crippen molar-refractivity contribution >= 4 is 17.8 Å². The molecule has 0 aliphatic carbocycles. The minimum atomic E-state index is -0.837. The second-order valence-electron chi connectivity index (χ2n) is 6.17. The lowest BCUT2D eigenvalue weighted by Crippen LogP contribution is -2.45. The van der Waals surface area contributed by atoms with Crippen LogP contribution in [-0.2, 0) is 9.59 Å². The smallest absolute Gasteiger partial charge is 0.306 e. The van der Waals surface area contributed by atoms with Crippen LogP contribution in [0.4, 0.5) is 4.39 Å². The molecule has 0 radical (unpaired) electrons. The Balaban J connectivity index is 1.94. The van der Waals surface area contributed by atoms with Crippen molar-refractivity contribution in [2.75, 3.05) is 26.7 Å². The Morgan fingerprint density at radius 1 is 1.25 bits per heavy atom. The molecule has 6 nitrogen and oxygen atoms in total. The molecule has 24 heavy (non-hydrogen) atoms. The number of carbonyl (C=O) groups is 3. The number of likely N-dealkylation sites (tertiary alicyclic amines) is 1. The van der Waals surface area contributed by atoms with E-state index in [4.69, 9.17) is 5.11 Å². The van der Waals surface area contributed by atoms with Gasteiger partial charge in [-0.3, -0.25) is 14.4 Å². The molecule has 1 fully saturated rings. The van der Waals surface area contributed by atoms with Crippen LogP contribution in [0, 0.1) is 18.7 Å². The number of halogens is 1. The minimum Gasteiger partial charge on any atom is -0.481 e. The standard InChI is InChI=1S/C17H21FN2O4/c1-11-7-13(9-14(18)8-11)16(22)19(2)10-15(21)20-5-3-12(4-6-20)17(23)24/h7-9,12H,3-6,10H2,1-2H3,(H,23,24). The lowest BCUT2D eigenvalue weighted by atomic mass is 9.97. The van der Waals surface area contributed by atoms with E-state index in [0.29, 0.717) is 31.5 Å². The number of amides is 2. The average Bonchev–Trinajstić information content (AvgIpc) is 2.53. The van der Waals surface area contributed by atoms with Crippen LogP contribution in [0.15, 0.2) is 18.2 Å². The summed E-state index contributed by atoms with van der Waals surface area (Å²) in [6, 6.07) is 4.05. The van der Waals surface area contributed by atoms with Crippen molar-refractivity contribution in [3.8, 4) is 0 Å². The number of benzene rings is 1. The molecule has 1 saturated heterocycles. The zero-order valence-electron chi connectivity index (χ0n) is 13.8. The fraction of sp³-hybridized carbons (Fsp3) is 0.471. The Kier molecular flexibility index (Phi) is 5.54. The molecule has 0 aromatic heterocycles. The molecule has 7 heteroatoms. The van der Waals surface area contributed by atoms with E-state index in [1.54, 1.807) is 17.9 Å². The van der Waals surface area contributed by atoms with Gasteiger partial charge in [0.2, 0.25) is 5.91 Å². The number of carboxylic acids is 1. The second-order valence-corrected chi connectivity index (χ2v) is 6.17. The van der Waals surface area contributed by atoms with E-state index in [-0.39, 0.29) is 18.0 Å². The van der Waals surface area contributed by atoms with Crippen LogP contribution in [0.25, 0.3) is 0 Å². The van der Waals surface area contributed by atoms with Crippen LogP contribution in [0.2, 0.25) is 0 Å². The second kappa shape index (κ2) is 7.42. The summed E-state index contributed by atoms with van der Waals surface area (Å²) in [6.07, 6.45) is 0.837. The van der Waals surface area contributed by atoms with Crippen LogP contribution in [0.3, 0.4) is 0 Å². The lowest BCUT2D eigenvalue weighted by molar-refractivity contribution is -0.145. The predicted octanol–water partition coefficient (Wildman–Crippen LogP) is 1.53. The quantitative estimate of drug-likeness (QED) is 0.904. The molecule has 1 aliphatic heterocycles. The molecule has 1 aromatic rings. The minimum absolute atomic E-state index is 0.119. The van der Waals surface area contributed by atoms with E-state index in [9.17, 15) is 18.8 Å². The van der Waals surface area contributed by atoms with Crippen LogP contribution in [-0.4, -0.2) is 59.4 Å². The van der Waals surface area contributed by atoms with E-state index in [1.165, 1.54) is 18.0 Å². The highest BCUT2D eigenvalue weighted by Crippen LogP contribution is 2.17. The van der Waals surface area contributed by atoms with E-state index in [0.717, 1.165) is 6.07 Å². The molecule has 0 atom stereocenters. The molecule has 1 N–H and O–H groups in total. The van der Waals surface area contributed by atoms with E-state index < -0.39 is 23.6 Å². The molecule has 1 aliphatic rings. The van der Waals surface area contributed by atoms with Crippen molar-refractivity contribution in [2.45, 2.75) is 19.8 Å². The number of likely N-dealkylation sites (N-methyl/N-ethyl adjacent to an activating group) is 1. The number of carboxylic acid groups (broad SMARTS) is 1. The summed E-state index contributed by atoms with van der Waals surface area (Å²) in [4.78, 5) is 38.3. The Hall–Kier alpha value is -2.44. The maximum atomic E-state index is 13.4. The zero-order chi connectivity index (χ0) is 17.9. The number of nitrogens with zero attached hydrogens (tertiary/aromatic N) is 2. The Morgan fingerprint density at radius 2 is 1.88 bits per heavy atom. The molecule has 1 aromatic carbocycles. The number of hydrogen-bond donors (Lipinski definition) is 1. The third-order valence-corrected chi connectivity index (χ3v) is 4.21. The summed E-state index contributed by atoms with van der Waals surface area (Å²) >= 11 is 0. The summed E-state index contributed by atoms with van der Waals surface area (Å²) in [5, 5.41) is 8.97. The summed E-state index contributed by atoms with van der Waals surface area (Å²) < 4.78 is 13.4. The maximum absolute atomic E-state index is 13.4. The summed E-state index contributed by atoms with van der Waals surface area (Å²) in [7, 11) is 1.49. The highest BCUT2D eigenvalue weighted by Gasteiger charge is 2.28. The zero-order valence-corrected chi connectivity index (χ0v) is 13.8. The van der Waals surface area contributed by atoms with Gasteiger partial charge in [-0.15, -0.1) is 0 Å². The van der Waals surface area contributed by atoms with Gasteiger partial charge in [0.15, 0.2) is 0 Å². The van der Waals surface area contributed by atoms with E-state index in [2.05, 4.69) is 0 Å². The van der Waals surface area contributed by atoms with Crippen LogP contribution in [0.1, 0.15) is 28.8 Å². The Bertz CT molecular complexity index is 634. The van der Waals surface area contributed by atoms with Crippen molar-refractivity contribution < 1.29 is 23.9 Å². The topological polar surface area (TPSA) is 77.9 Å². The van der Waals surface area contributed by atoms with Crippen LogP contribution in [0.5, 0.6) is 0 Å². The summed E-state index contributed by atoms with van der Waals surface area (Å²) in [5.74, 6) is -2.40. The first-order chi connectivity index (χ1) is 11.3. The van der Waals surface area contributed by atoms with Crippen molar-refractivity contribution in [1.82, 2.24) is 9.80 Å². The largest absolute Gasteiger partial charge is 0.481 e. The molecular weight excluding hydrogens is 315 g/mol. The number of hydrogen-bond acceptors (Lipinski definition) is 3. The van der Waals surface area contributed by atoms with Crippen molar-refractivity contribution in [3.05, 3.63) is 35.1 Å². The normalized spacial score (nSPS) is 15.2. The predicted molar refractivity (Wildman–Crippen MR) is 85.0 cm³/mol. The van der Waals surface area contributed by atoms with Gasteiger partial charge in [-0.05, 0) is 43.5 Å². The number of piperidine rings is 1. The van der Waals surface area contributed by atoms with Gasteiger partial charge < -0.3 is 14.9 Å². The highest BCUT2D eigenvalue weighted by atomic mass is 19.1. The van der Waals surface area contributed by atoms with Crippen molar-refractivity contribution in [3.63, 3.8) is 0 Å². The lowest BCUT2D eigenvalue weighted by Gasteiger charge is -2.31. The first-order valence-corrected chi connectivity index (χ1v) is 7.81. The van der Waals surface area contributed by atoms with Gasteiger partial charge >= 0.3 is 5.97 Å². The van der Waals surface area contributed by atoms with Gasteiger partial charge in [0.05, 0.1) is 12.5 Å². The van der Waals surface area contributed by atoms with Crippen molar-refractivity contribution in [2.24, 2.45) is 5.92 Å². The average molecular weight is 336 g/mol. The number of carbonyl (C=O) groups excluding carboxylic acids is 2. The molecule has 2 rings (SSSR count). The fourth-order valence-electron chi connectivity index (χ4n) is 2.83. The van der Waals surface area contributed by atoms with Gasteiger partial charge in [-0.2, -0.15) is 0 Å². The molecule has 0 bridgehead atoms. The SMILES string of the molecule is Cc1cc(F)cc(C(=O)N(C)CC(=O)N2CCC(C(=O)O)CC2)c1.